The zero-order valence-electron chi connectivity index (χ0n) is 17.2. The van der Waals surface area contributed by atoms with E-state index in [1.807, 2.05) is 70.2 Å². The number of carbonyl (C=O) groups is 1. The highest BCUT2D eigenvalue weighted by Crippen LogP contribution is 2.40. The summed E-state index contributed by atoms with van der Waals surface area (Å²) in [5.74, 6) is 1.87. The Morgan fingerprint density at radius 2 is 1.96 bits per heavy atom. The molecular formula is C23H29NO4. The fraction of sp³-hybridized carbons (Fsp3) is 0.435. The Bertz CT molecular complexity index is 846. The molecule has 0 bridgehead atoms. The van der Waals surface area contributed by atoms with Gasteiger partial charge in [0.15, 0.2) is 17.6 Å². The van der Waals surface area contributed by atoms with Crippen LogP contribution in [0.25, 0.3) is 0 Å². The number of nitrogens with one attached hydrogen (secondary N) is 1. The molecule has 2 aromatic rings. The smallest absolute Gasteiger partial charge is 0.261 e. The summed E-state index contributed by atoms with van der Waals surface area (Å²) in [7, 11) is 1.59. The number of hydrogen-bond donors (Lipinski definition) is 1. The molecule has 0 fully saturated rings. The standard InChI is InChI=1S/C23H29NO4/c1-6-18(27-20-10-8-7-9-19(20)26-5)22(25)24-17-14-23(3,4)28-21-13-15(2)11-12-16(17)21/h7-13,17-18H,6,14H2,1-5H3,(H,24,25)/t17-,18-/m1/s1. The van der Waals surface area contributed by atoms with Crippen LogP contribution in [0.1, 0.15) is 50.8 Å². The molecule has 2 aromatic carbocycles. The first kappa shape index (κ1) is 20.1. The SMILES string of the molecule is CC[C@@H](Oc1ccccc1OC)C(=O)N[C@@H]1CC(C)(C)Oc2cc(C)ccc21. The first-order chi connectivity index (χ1) is 13.3. The topological polar surface area (TPSA) is 56.8 Å². The average molecular weight is 383 g/mol. The molecule has 150 valence electrons. The molecule has 1 aliphatic heterocycles. The highest BCUT2D eigenvalue weighted by molar-refractivity contribution is 5.81. The molecule has 1 aliphatic rings. The van der Waals surface area contributed by atoms with E-state index in [9.17, 15) is 4.79 Å². The Hall–Kier alpha value is -2.69. The highest BCUT2D eigenvalue weighted by atomic mass is 16.5. The largest absolute Gasteiger partial charge is 0.493 e. The van der Waals surface area contributed by atoms with Gasteiger partial charge in [0.05, 0.1) is 13.2 Å². The lowest BCUT2D eigenvalue weighted by Crippen LogP contribution is -2.45. The lowest BCUT2D eigenvalue weighted by atomic mass is 9.89. The Labute approximate surface area is 167 Å². The molecule has 5 nitrogen and oxygen atoms in total. The maximum Gasteiger partial charge on any atom is 0.261 e. The van der Waals surface area contributed by atoms with Gasteiger partial charge in [0.2, 0.25) is 0 Å². The van der Waals surface area contributed by atoms with E-state index < -0.39 is 6.10 Å². The summed E-state index contributed by atoms with van der Waals surface area (Å²) in [6.45, 7) is 8.05. The summed E-state index contributed by atoms with van der Waals surface area (Å²) in [5.41, 5.74) is 1.78. The van der Waals surface area contributed by atoms with Crippen molar-refractivity contribution in [3.05, 3.63) is 53.6 Å². The Kier molecular flexibility index (Phi) is 5.82. The third kappa shape index (κ3) is 4.41. The van der Waals surface area contributed by atoms with Crippen LogP contribution in [0, 0.1) is 6.92 Å². The molecule has 5 heteroatoms. The van der Waals surface area contributed by atoms with Gasteiger partial charge in [0, 0.05) is 12.0 Å². The van der Waals surface area contributed by atoms with Gasteiger partial charge in [0.25, 0.3) is 5.91 Å². The van der Waals surface area contributed by atoms with Crippen molar-refractivity contribution in [3.8, 4) is 17.2 Å². The molecule has 0 aliphatic carbocycles. The van der Waals surface area contributed by atoms with Crippen LogP contribution in [0.5, 0.6) is 17.2 Å². The fourth-order valence-electron chi connectivity index (χ4n) is 3.54. The number of fused-ring (bicyclic) bond motifs is 1. The number of aryl methyl sites for hydroxylation is 1. The number of rotatable bonds is 6. The zero-order chi connectivity index (χ0) is 20.3. The number of methoxy groups -OCH3 is 1. The third-order valence-electron chi connectivity index (χ3n) is 4.94. The van der Waals surface area contributed by atoms with Gasteiger partial charge in [-0.3, -0.25) is 4.79 Å². The molecular weight excluding hydrogens is 354 g/mol. The van der Waals surface area contributed by atoms with Crippen molar-refractivity contribution in [2.45, 2.75) is 58.3 Å². The summed E-state index contributed by atoms with van der Waals surface area (Å²) in [5, 5.41) is 3.17. The minimum atomic E-state index is -0.601. The van der Waals surface area contributed by atoms with E-state index >= 15 is 0 Å². The van der Waals surface area contributed by atoms with Crippen LogP contribution in [0.3, 0.4) is 0 Å². The van der Waals surface area contributed by atoms with E-state index in [2.05, 4.69) is 5.32 Å². The number of hydrogen-bond acceptors (Lipinski definition) is 4. The second-order valence-corrected chi connectivity index (χ2v) is 7.83. The van der Waals surface area contributed by atoms with Crippen LogP contribution in [0.2, 0.25) is 0 Å². The summed E-state index contributed by atoms with van der Waals surface area (Å²) >= 11 is 0. The van der Waals surface area contributed by atoms with Gasteiger partial charge in [-0.15, -0.1) is 0 Å². The van der Waals surface area contributed by atoms with E-state index in [-0.39, 0.29) is 17.6 Å². The van der Waals surface area contributed by atoms with E-state index in [0.29, 0.717) is 24.3 Å². The van der Waals surface area contributed by atoms with Crippen molar-refractivity contribution in [1.29, 1.82) is 0 Å². The van der Waals surface area contributed by atoms with Crippen molar-refractivity contribution >= 4 is 5.91 Å². The van der Waals surface area contributed by atoms with Crippen LogP contribution in [-0.2, 0) is 4.79 Å². The van der Waals surface area contributed by atoms with Crippen LogP contribution in [0.4, 0.5) is 0 Å². The molecule has 2 atom stereocenters. The van der Waals surface area contributed by atoms with Gasteiger partial charge in [0.1, 0.15) is 11.4 Å². The van der Waals surface area contributed by atoms with Gasteiger partial charge in [-0.1, -0.05) is 31.2 Å². The molecule has 0 unspecified atom stereocenters. The van der Waals surface area contributed by atoms with Gasteiger partial charge in [-0.05, 0) is 51.0 Å². The van der Waals surface area contributed by atoms with E-state index in [0.717, 1.165) is 16.9 Å². The molecule has 0 saturated carbocycles. The third-order valence-corrected chi connectivity index (χ3v) is 4.94. The zero-order valence-corrected chi connectivity index (χ0v) is 17.2. The van der Waals surface area contributed by atoms with Gasteiger partial charge < -0.3 is 19.5 Å². The molecule has 3 rings (SSSR count). The molecule has 0 aromatic heterocycles. The monoisotopic (exact) mass is 383 g/mol. The second-order valence-electron chi connectivity index (χ2n) is 7.83. The Balaban J connectivity index is 1.79. The van der Waals surface area contributed by atoms with Crippen molar-refractivity contribution in [3.63, 3.8) is 0 Å². The van der Waals surface area contributed by atoms with Gasteiger partial charge in [-0.25, -0.2) is 0 Å². The predicted octanol–water partition coefficient (Wildman–Crippen LogP) is 4.58. The van der Waals surface area contributed by atoms with Crippen molar-refractivity contribution in [1.82, 2.24) is 5.32 Å². The number of amides is 1. The molecule has 0 saturated heterocycles. The van der Waals surface area contributed by atoms with E-state index in [4.69, 9.17) is 14.2 Å². The summed E-state index contributed by atoms with van der Waals surface area (Å²) < 4.78 is 17.4. The minimum Gasteiger partial charge on any atom is -0.493 e. The van der Waals surface area contributed by atoms with Crippen molar-refractivity contribution < 1.29 is 19.0 Å². The Morgan fingerprint density at radius 3 is 2.64 bits per heavy atom. The van der Waals surface area contributed by atoms with E-state index in [1.165, 1.54) is 0 Å². The van der Waals surface area contributed by atoms with Crippen LogP contribution in [-0.4, -0.2) is 24.7 Å². The van der Waals surface area contributed by atoms with Crippen LogP contribution in [0.15, 0.2) is 42.5 Å². The number of benzene rings is 2. The highest BCUT2D eigenvalue weighted by Gasteiger charge is 2.35. The Morgan fingerprint density at radius 1 is 1.25 bits per heavy atom. The molecule has 1 N–H and O–H groups in total. The van der Waals surface area contributed by atoms with Gasteiger partial charge in [-0.2, -0.15) is 0 Å². The average Bonchev–Trinajstić information content (AvgIpc) is 2.64. The van der Waals surface area contributed by atoms with Crippen LogP contribution < -0.4 is 19.5 Å². The molecule has 0 radical (unpaired) electrons. The normalized spacial score (nSPS) is 18.4. The minimum absolute atomic E-state index is 0.123. The number of ether oxygens (including phenoxy) is 3. The molecule has 1 amide bonds. The maximum atomic E-state index is 13.0. The summed E-state index contributed by atoms with van der Waals surface area (Å²) in [6.07, 6.45) is 0.646. The molecule has 28 heavy (non-hydrogen) atoms. The lowest BCUT2D eigenvalue weighted by molar-refractivity contribution is -0.129. The summed E-state index contributed by atoms with van der Waals surface area (Å²) in [6, 6.07) is 13.3. The van der Waals surface area contributed by atoms with Crippen LogP contribution >= 0.6 is 0 Å². The number of para-hydroxylation sites is 2. The van der Waals surface area contributed by atoms with Crippen molar-refractivity contribution in [2.24, 2.45) is 0 Å². The fourth-order valence-corrected chi connectivity index (χ4v) is 3.54. The first-order valence-corrected chi connectivity index (χ1v) is 9.72. The van der Waals surface area contributed by atoms with Gasteiger partial charge >= 0.3 is 0 Å². The predicted molar refractivity (Wildman–Crippen MR) is 109 cm³/mol. The van der Waals surface area contributed by atoms with E-state index in [1.54, 1.807) is 7.11 Å². The molecule has 1 heterocycles. The second kappa shape index (κ2) is 8.13. The quantitative estimate of drug-likeness (QED) is 0.793. The lowest BCUT2D eigenvalue weighted by Gasteiger charge is -2.38. The summed E-state index contributed by atoms with van der Waals surface area (Å²) in [4.78, 5) is 13.0. The maximum absolute atomic E-state index is 13.0. The molecule has 0 spiro atoms. The first-order valence-electron chi connectivity index (χ1n) is 9.72. The number of carbonyl (C=O) groups excluding carboxylic acids is 1. The van der Waals surface area contributed by atoms with Crippen molar-refractivity contribution in [2.75, 3.05) is 7.11 Å².